The highest BCUT2D eigenvalue weighted by molar-refractivity contribution is 5.82. The predicted molar refractivity (Wildman–Crippen MR) is 268 cm³/mol. The van der Waals surface area contributed by atoms with Crippen molar-refractivity contribution in [1.82, 2.24) is 36.8 Å². The van der Waals surface area contributed by atoms with Gasteiger partial charge in [-0.1, -0.05) is 6.58 Å². The number of ether oxygens (including phenoxy) is 8. The summed E-state index contributed by atoms with van der Waals surface area (Å²) in [4.78, 5) is 80.6. The molecular formula is C50H85N7O18. The summed E-state index contributed by atoms with van der Waals surface area (Å²) in [5.74, 6) is -1.96. The second kappa shape index (κ2) is 24.4. The minimum absolute atomic E-state index is 0.0635. The third-order valence-electron chi connectivity index (χ3n) is 12.1. The molecule has 4 rings (SSSR count). The molecule has 0 spiro atoms. The molecule has 0 radical (unpaired) electrons. The van der Waals surface area contributed by atoms with Gasteiger partial charge < -0.3 is 95.1 Å². The zero-order valence-corrected chi connectivity index (χ0v) is 46.2. The van der Waals surface area contributed by atoms with E-state index in [1.165, 1.54) is 20.9 Å². The van der Waals surface area contributed by atoms with Crippen LogP contribution in [-0.2, 0) is 42.7 Å². The molecule has 1 unspecified atom stereocenters. The molecule has 2 saturated carbocycles. The summed E-state index contributed by atoms with van der Waals surface area (Å²) in [5, 5.41) is 64.4. The number of nitrogens with one attached hydrogen (secondary N) is 6. The Balaban J connectivity index is 1.78. The fraction of sp³-hybridized carbons (Fsp3) is 0.800. The molecule has 3 fully saturated rings. The van der Waals surface area contributed by atoms with Crippen LogP contribution in [0.1, 0.15) is 123 Å². The lowest BCUT2D eigenvalue weighted by Gasteiger charge is -2.52. The summed E-state index contributed by atoms with van der Waals surface area (Å²) in [6.45, 7) is 25.7. The van der Waals surface area contributed by atoms with Crippen molar-refractivity contribution < 1.29 is 87.1 Å². The number of nitrogens with zero attached hydrogens (tertiary/aromatic N) is 1. The second-order valence-corrected chi connectivity index (χ2v) is 24.1. The van der Waals surface area contributed by atoms with Gasteiger partial charge in [-0.25, -0.2) is 24.0 Å². The molecule has 0 bridgehead atoms. The number of carbonyl (C=O) groups is 6. The maximum absolute atomic E-state index is 13.9. The molecular weight excluding hydrogens is 987 g/mol. The Hall–Kier alpha value is -5.18. The molecule has 2 aliphatic heterocycles. The molecule has 0 aromatic carbocycles. The maximum Gasteiger partial charge on any atom is 0.412 e. The van der Waals surface area contributed by atoms with E-state index in [2.05, 4.69) is 38.5 Å². The maximum atomic E-state index is 13.9. The largest absolute Gasteiger partial charge is 0.491 e. The molecule has 2 aliphatic carbocycles. The van der Waals surface area contributed by atoms with Crippen LogP contribution in [0.15, 0.2) is 24.2 Å². The average molecular weight is 1070 g/mol. The SMILES string of the molecule is C=C(C)OC(=O)N[C@@H]1CC=C(CNCC2(NC(=O)OC(C)(C)C)CC2)O[C@@H]1C1[C@@H](NC(=O)OC(C)(C)C)C[C@@H](NC(=O)[C@@H](O)CNC(=O)OC(C)(C)C)[C@H](O[C@H]2OC[C@](C)(O)[C@H](N(C)C(=O)OC(C)(C)C)[C@H]2O)[C@H]1O. The van der Waals surface area contributed by atoms with Crippen molar-refractivity contribution in [2.24, 2.45) is 5.92 Å². The minimum atomic E-state index is -1.91. The van der Waals surface area contributed by atoms with Gasteiger partial charge in [0.15, 0.2) is 6.29 Å². The van der Waals surface area contributed by atoms with Gasteiger partial charge in [-0.15, -0.1) is 0 Å². The summed E-state index contributed by atoms with van der Waals surface area (Å²) in [5.41, 5.74) is -6.08. The first-order chi connectivity index (χ1) is 34.3. The van der Waals surface area contributed by atoms with E-state index in [4.69, 9.17) is 37.9 Å². The Morgan fingerprint density at radius 3 is 1.92 bits per heavy atom. The molecule has 1 saturated heterocycles. The molecule has 428 valence electrons. The number of likely N-dealkylation sites (N-methyl/N-ethyl adjacent to an activating group) is 1. The highest BCUT2D eigenvalue weighted by Gasteiger charge is 2.57. The number of amides is 6. The highest BCUT2D eigenvalue weighted by Crippen LogP contribution is 2.40. The summed E-state index contributed by atoms with van der Waals surface area (Å²) < 4.78 is 46.3. The molecule has 12 atom stereocenters. The zero-order valence-electron chi connectivity index (χ0n) is 46.2. The Morgan fingerprint density at radius 1 is 0.800 bits per heavy atom. The molecule has 25 nitrogen and oxygen atoms in total. The molecule has 6 amide bonds. The smallest absolute Gasteiger partial charge is 0.412 e. The second-order valence-electron chi connectivity index (χ2n) is 24.1. The minimum Gasteiger partial charge on any atom is -0.491 e. The lowest BCUT2D eigenvalue weighted by Crippen LogP contribution is -2.71. The van der Waals surface area contributed by atoms with Gasteiger partial charge in [0.1, 0.15) is 58.2 Å². The molecule has 75 heavy (non-hydrogen) atoms. The van der Waals surface area contributed by atoms with Crippen LogP contribution in [0.5, 0.6) is 0 Å². The van der Waals surface area contributed by atoms with Crippen molar-refractivity contribution in [3.8, 4) is 0 Å². The van der Waals surface area contributed by atoms with Crippen LogP contribution in [0, 0.1) is 5.92 Å². The van der Waals surface area contributed by atoms with Gasteiger partial charge in [-0.05, 0) is 129 Å². The molecule has 4 aliphatic rings. The standard InChI is InChI=1S/C50H85N7O18/c1-26(2)69-41(63)54-28-18-17-27(22-51-24-50(19-20-50)56-43(65)74-47(9,10)11)70-35(28)32-29(55-42(64)73-46(6,7)8)21-30(53-38(61)31(58)23-52-40(62)72-45(3,4)5)36(33(32)59)71-39-34(60)37(49(15,67)25-68-39)57(16)44(66)75-48(12,13)14/h17,28-37,39,51,58-60,67H,1,18-25H2,2-16H3,(H,52,62)(H,53,61)(H,54,63)(H,55,64)(H,56,65)/t28-,29+,30-,31+,32?,33+,34-,35+,36+,37-,39-,49+/m1/s1. The van der Waals surface area contributed by atoms with Crippen molar-refractivity contribution in [3.63, 3.8) is 0 Å². The van der Waals surface area contributed by atoms with Crippen LogP contribution in [0.25, 0.3) is 0 Å². The van der Waals surface area contributed by atoms with Crippen molar-refractivity contribution >= 4 is 36.4 Å². The number of hydrogen-bond donors (Lipinski definition) is 10. The number of carbonyl (C=O) groups excluding carboxylic acids is 6. The lowest BCUT2D eigenvalue weighted by atomic mass is 9.72. The Kier molecular flexibility index (Phi) is 20.3. The summed E-state index contributed by atoms with van der Waals surface area (Å²) >= 11 is 0. The summed E-state index contributed by atoms with van der Waals surface area (Å²) in [7, 11) is 1.31. The molecule has 2 heterocycles. The van der Waals surface area contributed by atoms with Crippen LogP contribution < -0.4 is 31.9 Å². The lowest BCUT2D eigenvalue weighted by molar-refractivity contribution is -0.305. The molecule has 0 aromatic rings. The van der Waals surface area contributed by atoms with Crippen molar-refractivity contribution in [2.75, 3.05) is 33.3 Å². The van der Waals surface area contributed by atoms with E-state index < -0.39 is 150 Å². The first-order valence-electron chi connectivity index (χ1n) is 25.3. The van der Waals surface area contributed by atoms with E-state index in [9.17, 15) is 49.2 Å². The molecule has 0 aromatic heterocycles. The Morgan fingerprint density at radius 2 is 1.36 bits per heavy atom. The van der Waals surface area contributed by atoms with Crippen LogP contribution in [-0.4, -0.2) is 190 Å². The van der Waals surface area contributed by atoms with Gasteiger partial charge in [0, 0.05) is 25.6 Å². The Labute approximate surface area is 439 Å². The number of aliphatic hydroxyl groups is 4. The number of rotatable bonds is 16. The van der Waals surface area contributed by atoms with Crippen molar-refractivity contribution in [3.05, 3.63) is 24.2 Å². The van der Waals surface area contributed by atoms with E-state index in [1.807, 2.05) is 0 Å². The number of aliphatic hydroxyl groups excluding tert-OH is 3. The first kappa shape index (κ1) is 62.4. The number of hydrogen-bond acceptors (Lipinski definition) is 19. The van der Waals surface area contributed by atoms with Gasteiger partial charge >= 0.3 is 30.5 Å². The highest BCUT2D eigenvalue weighted by atomic mass is 16.7. The van der Waals surface area contributed by atoms with Gasteiger partial charge in [0.2, 0.25) is 0 Å². The van der Waals surface area contributed by atoms with Crippen LogP contribution in [0.4, 0.5) is 24.0 Å². The quantitative estimate of drug-likeness (QED) is 0.0785. The van der Waals surface area contributed by atoms with Crippen molar-refractivity contribution in [1.29, 1.82) is 0 Å². The summed E-state index contributed by atoms with van der Waals surface area (Å²) in [6.07, 6.45) is -11.7. The third kappa shape index (κ3) is 19.4. The summed E-state index contributed by atoms with van der Waals surface area (Å²) in [6, 6.07) is -5.04. The van der Waals surface area contributed by atoms with E-state index >= 15 is 0 Å². The van der Waals surface area contributed by atoms with E-state index in [0.717, 1.165) is 4.90 Å². The Bertz CT molecular complexity index is 2070. The van der Waals surface area contributed by atoms with Crippen LogP contribution in [0.3, 0.4) is 0 Å². The number of allylic oxidation sites excluding steroid dienone is 1. The van der Waals surface area contributed by atoms with Gasteiger partial charge in [0.05, 0.1) is 55.2 Å². The zero-order chi connectivity index (χ0) is 56.8. The molecule has 25 heteroatoms. The normalized spacial score (nSPS) is 29.1. The van der Waals surface area contributed by atoms with E-state index in [0.29, 0.717) is 25.1 Å². The van der Waals surface area contributed by atoms with E-state index in [1.54, 1.807) is 89.2 Å². The fourth-order valence-corrected chi connectivity index (χ4v) is 8.88. The monoisotopic (exact) mass is 1070 g/mol. The third-order valence-corrected chi connectivity index (χ3v) is 12.1. The van der Waals surface area contributed by atoms with Gasteiger partial charge in [-0.3, -0.25) is 4.79 Å². The van der Waals surface area contributed by atoms with E-state index in [-0.39, 0.29) is 25.1 Å². The topological polar surface area (TPSA) is 333 Å². The van der Waals surface area contributed by atoms with Crippen LogP contribution in [0.2, 0.25) is 0 Å². The fourth-order valence-electron chi connectivity index (χ4n) is 8.88. The number of alkyl carbamates (subject to hydrolysis) is 4. The molecule has 10 N–H and O–H groups in total. The van der Waals surface area contributed by atoms with Crippen molar-refractivity contribution in [2.45, 2.75) is 217 Å². The average Bonchev–Trinajstić information content (AvgIpc) is 3.98. The first-order valence-corrected chi connectivity index (χ1v) is 25.3. The van der Waals surface area contributed by atoms with Crippen LogP contribution >= 0.6 is 0 Å². The van der Waals surface area contributed by atoms with Gasteiger partial charge in [0.25, 0.3) is 5.91 Å². The van der Waals surface area contributed by atoms with Gasteiger partial charge in [-0.2, -0.15) is 0 Å². The predicted octanol–water partition coefficient (Wildman–Crippen LogP) is 2.67.